The predicted molar refractivity (Wildman–Crippen MR) is 72.2 cm³/mol. The standard InChI is InChI=1S/C15H23B/c1-2-6-13(5-1)11-12-16-14-7-3-8-15(16)10-4-9-14/h1-2,5,14-15H,3-4,6-12H2. The van der Waals surface area contributed by atoms with E-state index in [9.17, 15) is 0 Å². The van der Waals surface area contributed by atoms with E-state index >= 15 is 0 Å². The zero-order valence-electron chi connectivity index (χ0n) is 10.3. The molecular formula is C15H23B. The molecule has 0 saturated carbocycles. The maximum absolute atomic E-state index is 2.35. The van der Waals surface area contributed by atoms with Gasteiger partial charge >= 0.3 is 0 Å². The van der Waals surface area contributed by atoms with Gasteiger partial charge in [0.1, 0.15) is 6.71 Å². The monoisotopic (exact) mass is 214 g/mol. The maximum Gasteiger partial charge on any atom is 0.146 e. The van der Waals surface area contributed by atoms with E-state index in [4.69, 9.17) is 0 Å². The molecule has 0 atom stereocenters. The number of fused-ring (bicyclic) bond motifs is 2. The first kappa shape index (κ1) is 10.7. The van der Waals surface area contributed by atoms with Crippen LogP contribution in [-0.2, 0) is 0 Å². The second-order valence-corrected chi connectivity index (χ2v) is 6.04. The van der Waals surface area contributed by atoms with Gasteiger partial charge in [0.05, 0.1) is 0 Å². The Balaban J connectivity index is 1.56. The van der Waals surface area contributed by atoms with Gasteiger partial charge in [0.15, 0.2) is 0 Å². The highest BCUT2D eigenvalue weighted by atomic mass is 14.2. The fourth-order valence-electron chi connectivity index (χ4n) is 4.31. The van der Waals surface area contributed by atoms with Crippen molar-refractivity contribution in [2.45, 2.75) is 69.3 Å². The van der Waals surface area contributed by atoms with Gasteiger partial charge in [-0.15, -0.1) is 0 Å². The molecule has 2 bridgehead atoms. The van der Waals surface area contributed by atoms with Crippen molar-refractivity contribution in [3.05, 3.63) is 23.8 Å². The Morgan fingerprint density at radius 2 is 1.75 bits per heavy atom. The third kappa shape index (κ3) is 2.14. The molecular weight excluding hydrogens is 191 g/mol. The Hall–Kier alpha value is -0.455. The summed E-state index contributed by atoms with van der Waals surface area (Å²) in [7, 11) is 0. The third-order valence-electron chi connectivity index (χ3n) is 5.16. The average molecular weight is 214 g/mol. The van der Waals surface area contributed by atoms with Crippen LogP contribution in [0.2, 0.25) is 18.0 Å². The normalized spacial score (nSPS) is 33.0. The van der Waals surface area contributed by atoms with Crippen molar-refractivity contribution < 1.29 is 0 Å². The zero-order chi connectivity index (χ0) is 10.8. The molecule has 0 amide bonds. The van der Waals surface area contributed by atoms with Crippen LogP contribution in [0.15, 0.2) is 23.8 Å². The van der Waals surface area contributed by atoms with E-state index in [1.165, 1.54) is 32.0 Å². The van der Waals surface area contributed by atoms with Crippen molar-refractivity contribution in [1.82, 2.24) is 0 Å². The first-order valence-electron chi connectivity index (χ1n) is 7.28. The molecule has 0 radical (unpaired) electrons. The topological polar surface area (TPSA) is 0 Å². The fraction of sp³-hybridized carbons (Fsp3) is 0.733. The summed E-state index contributed by atoms with van der Waals surface area (Å²) >= 11 is 0. The molecule has 1 aliphatic carbocycles. The summed E-state index contributed by atoms with van der Waals surface area (Å²) in [6.07, 6.45) is 20.2. The molecule has 0 unspecified atom stereocenters. The highest BCUT2D eigenvalue weighted by molar-refractivity contribution is 6.62. The maximum atomic E-state index is 2.35. The Kier molecular flexibility index (Phi) is 3.21. The van der Waals surface area contributed by atoms with Gasteiger partial charge in [-0.3, -0.25) is 0 Å². The van der Waals surface area contributed by atoms with Gasteiger partial charge in [-0.1, -0.05) is 80.3 Å². The SMILES string of the molecule is C1=CCC(CCB2C3CCCC2CCC3)=C1. The Bertz CT molecular complexity index is 281. The molecule has 2 saturated heterocycles. The minimum absolute atomic E-state index is 1.09. The van der Waals surface area contributed by atoms with Gasteiger partial charge in [0.25, 0.3) is 0 Å². The molecule has 0 aromatic carbocycles. The van der Waals surface area contributed by atoms with E-state index in [2.05, 4.69) is 18.2 Å². The summed E-state index contributed by atoms with van der Waals surface area (Å²) in [5.74, 6) is 2.20. The van der Waals surface area contributed by atoms with Crippen LogP contribution in [0.1, 0.15) is 51.4 Å². The van der Waals surface area contributed by atoms with E-state index in [1.807, 2.05) is 0 Å². The van der Waals surface area contributed by atoms with Crippen molar-refractivity contribution in [1.29, 1.82) is 0 Å². The first-order valence-corrected chi connectivity index (χ1v) is 7.28. The molecule has 3 aliphatic rings. The van der Waals surface area contributed by atoms with Gasteiger partial charge < -0.3 is 0 Å². The van der Waals surface area contributed by atoms with Crippen LogP contribution in [0.25, 0.3) is 0 Å². The van der Waals surface area contributed by atoms with E-state index < -0.39 is 0 Å². The second-order valence-electron chi connectivity index (χ2n) is 6.04. The zero-order valence-corrected chi connectivity index (χ0v) is 10.3. The summed E-state index contributed by atoms with van der Waals surface area (Å²) < 4.78 is 0. The van der Waals surface area contributed by atoms with Gasteiger partial charge in [0.2, 0.25) is 0 Å². The van der Waals surface area contributed by atoms with Crippen LogP contribution < -0.4 is 0 Å². The first-order chi connectivity index (χ1) is 7.93. The molecule has 2 heterocycles. The average Bonchev–Trinajstić information content (AvgIpc) is 2.78. The summed E-state index contributed by atoms with van der Waals surface area (Å²) in [6, 6.07) is 0. The minimum Gasteiger partial charge on any atom is -0.0805 e. The summed E-state index contributed by atoms with van der Waals surface area (Å²) in [5.41, 5.74) is 1.68. The van der Waals surface area contributed by atoms with E-state index in [-0.39, 0.29) is 0 Å². The van der Waals surface area contributed by atoms with Gasteiger partial charge in [-0.25, -0.2) is 0 Å². The van der Waals surface area contributed by atoms with Gasteiger partial charge in [-0.05, 0) is 12.8 Å². The van der Waals surface area contributed by atoms with Crippen molar-refractivity contribution in [2.24, 2.45) is 0 Å². The summed E-state index contributed by atoms with van der Waals surface area (Å²) in [5, 5.41) is 0. The molecule has 1 heteroatoms. The lowest BCUT2D eigenvalue weighted by Gasteiger charge is -2.40. The highest BCUT2D eigenvalue weighted by Crippen LogP contribution is 2.48. The molecule has 0 N–H and O–H groups in total. The number of allylic oxidation sites excluding steroid dienone is 4. The lowest BCUT2D eigenvalue weighted by molar-refractivity contribution is 0.441. The molecule has 0 nitrogen and oxygen atoms in total. The Labute approximate surface area is 100 Å². The molecule has 0 spiro atoms. The third-order valence-corrected chi connectivity index (χ3v) is 5.16. The largest absolute Gasteiger partial charge is 0.146 e. The highest BCUT2D eigenvalue weighted by Gasteiger charge is 2.38. The summed E-state index contributed by atoms with van der Waals surface area (Å²) in [4.78, 5) is 0. The van der Waals surface area contributed by atoms with Crippen LogP contribution >= 0.6 is 0 Å². The summed E-state index contributed by atoms with van der Waals surface area (Å²) in [6.45, 7) is 1.09. The van der Waals surface area contributed by atoms with Crippen LogP contribution in [0, 0.1) is 0 Å². The lowest BCUT2D eigenvalue weighted by atomic mass is 9.25. The number of rotatable bonds is 3. The molecule has 0 aromatic heterocycles. The molecule has 86 valence electrons. The number of hydrogen-bond donors (Lipinski definition) is 0. The van der Waals surface area contributed by atoms with Crippen molar-refractivity contribution >= 4 is 6.71 Å². The van der Waals surface area contributed by atoms with Crippen LogP contribution in [0.5, 0.6) is 0 Å². The quantitative estimate of drug-likeness (QED) is 0.588. The van der Waals surface area contributed by atoms with Crippen molar-refractivity contribution in [3.8, 4) is 0 Å². The molecule has 3 rings (SSSR count). The fourth-order valence-corrected chi connectivity index (χ4v) is 4.31. The van der Waals surface area contributed by atoms with Crippen LogP contribution in [0.4, 0.5) is 0 Å². The van der Waals surface area contributed by atoms with Gasteiger partial charge in [0, 0.05) is 0 Å². The van der Waals surface area contributed by atoms with E-state index in [1.54, 1.807) is 31.3 Å². The molecule has 0 aromatic rings. The molecule has 16 heavy (non-hydrogen) atoms. The van der Waals surface area contributed by atoms with Gasteiger partial charge in [-0.2, -0.15) is 0 Å². The Morgan fingerprint density at radius 1 is 1.06 bits per heavy atom. The predicted octanol–water partition coefficient (Wildman–Crippen LogP) is 4.87. The van der Waals surface area contributed by atoms with E-state index in [0.717, 1.165) is 18.3 Å². The van der Waals surface area contributed by atoms with Crippen LogP contribution in [0.3, 0.4) is 0 Å². The molecule has 2 aliphatic heterocycles. The Morgan fingerprint density at radius 3 is 2.31 bits per heavy atom. The minimum atomic E-state index is 1.09. The van der Waals surface area contributed by atoms with Crippen LogP contribution in [-0.4, -0.2) is 6.71 Å². The lowest BCUT2D eigenvalue weighted by Crippen LogP contribution is -2.34. The van der Waals surface area contributed by atoms with Crippen molar-refractivity contribution in [2.75, 3.05) is 0 Å². The van der Waals surface area contributed by atoms with E-state index in [0.29, 0.717) is 0 Å². The smallest absolute Gasteiger partial charge is 0.0805 e. The molecule has 2 fully saturated rings. The number of hydrogen-bond acceptors (Lipinski definition) is 0. The second kappa shape index (κ2) is 4.81. The van der Waals surface area contributed by atoms with Crippen molar-refractivity contribution in [3.63, 3.8) is 0 Å².